The van der Waals surface area contributed by atoms with Gasteiger partial charge < -0.3 is 5.32 Å². The van der Waals surface area contributed by atoms with Crippen LogP contribution in [0.15, 0.2) is 29.3 Å². The third-order valence-electron chi connectivity index (χ3n) is 4.48. The number of carbonyl (C=O) groups excluding carboxylic acids is 1. The fourth-order valence-electron chi connectivity index (χ4n) is 2.77. The SMILES string of the molecule is Cc1cccnc1NC(=O)CCNS(=O)(=O)c1c(C)c(C)cc(C)c1C. The number of pyridine rings is 1. The van der Waals surface area contributed by atoms with Crippen LogP contribution in [-0.4, -0.2) is 25.9 Å². The van der Waals surface area contributed by atoms with E-state index >= 15 is 0 Å². The van der Waals surface area contributed by atoms with Gasteiger partial charge in [-0.2, -0.15) is 0 Å². The van der Waals surface area contributed by atoms with Crippen LogP contribution in [0.5, 0.6) is 0 Å². The van der Waals surface area contributed by atoms with E-state index in [1.165, 1.54) is 0 Å². The Kier molecular flexibility index (Phi) is 6.15. The molecule has 0 bridgehead atoms. The Balaban J connectivity index is 2.06. The van der Waals surface area contributed by atoms with Crippen LogP contribution in [0.2, 0.25) is 0 Å². The first kappa shape index (κ1) is 20.1. The highest BCUT2D eigenvalue weighted by Crippen LogP contribution is 2.25. The number of sulfonamides is 1. The molecule has 140 valence electrons. The van der Waals surface area contributed by atoms with E-state index in [0.29, 0.717) is 10.7 Å². The van der Waals surface area contributed by atoms with Crippen molar-refractivity contribution in [2.75, 3.05) is 11.9 Å². The number of nitrogens with zero attached hydrogens (tertiary/aromatic N) is 1. The Morgan fingerprint density at radius 3 is 2.23 bits per heavy atom. The van der Waals surface area contributed by atoms with Crippen molar-refractivity contribution >= 4 is 21.7 Å². The number of benzene rings is 1. The summed E-state index contributed by atoms with van der Waals surface area (Å²) in [4.78, 5) is 16.4. The molecule has 1 aromatic carbocycles. The van der Waals surface area contributed by atoms with Crippen molar-refractivity contribution in [1.82, 2.24) is 9.71 Å². The number of rotatable bonds is 6. The minimum atomic E-state index is -3.69. The van der Waals surface area contributed by atoms with Crippen molar-refractivity contribution in [2.24, 2.45) is 0 Å². The Hall–Kier alpha value is -2.25. The maximum Gasteiger partial charge on any atom is 0.241 e. The van der Waals surface area contributed by atoms with Crippen LogP contribution in [0.4, 0.5) is 5.82 Å². The summed E-state index contributed by atoms with van der Waals surface area (Å²) in [6, 6.07) is 5.61. The highest BCUT2D eigenvalue weighted by atomic mass is 32.2. The molecule has 2 N–H and O–H groups in total. The fraction of sp³-hybridized carbons (Fsp3) is 0.368. The first-order valence-electron chi connectivity index (χ1n) is 8.42. The molecule has 2 aromatic rings. The molecule has 0 radical (unpaired) electrons. The monoisotopic (exact) mass is 375 g/mol. The molecular weight excluding hydrogens is 350 g/mol. The van der Waals surface area contributed by atoms with Gasteiger partial charge in [0.15, 0.2) is 0 Å². The number of nitrogens with one attached hydrogen (secondary N) is 2. The predicted octanol–water partition coefficient (Wildman–Crippen LogP) is 2.93. The van der Waals surface area contributed by atoms with E-state index in [9.17, 15) is 13.2 Å². The van der Waals surface area contributed by atoms with Gasteiger partial charge in [-0.1, -0.05) is 12.1 Å². The molecule has 0 saturated carbocycles. The van der Waals surface area contributed by atoms with Gasteiger partial charge in [-0.3, -0.25) is 4.79 Å². The van der Waals surface area contributed by atoms with Gasteiger partial charge in [-0.05, 0) is 68.5 Å². The molecule has 0 atom stereocenters. The van der Waals surface area contributed by atoms with Crippen molar-refractivity contribution in [2.45, 2.75) is 45.9 Å². The third kappa shape index (κ3) is 4.47. The van der Waals surface area contributed by atoms with Gasteiger partial charge in [0, 0.05) is 19.2 Å². The largest absolute Gasteiger partial charge is 0.310 e. The van der Waals surface area contributed by atoms with Crippen molar-refractivity contribution in [3.05, 3.63) is 52.2 Å². The highest BCUT2D eigenvalue weighted by molar-refractivity contribution is 7.89. The number of hydrogen-bond acceptors (Lipinski definition) is 4. The second-order valence-electron chi connectivity index (χ2n) is 6.45. The Morgan fingerprint density at radius 1 is 1.04 bits per heavy atom. The molecule has 1 amide bonds. The summed E-state index contributed by atoms with van der Waals surface area (Å²) in [5.74, 6) is 0.199. The molecule has 0 spiro atoms. The molecule has 0 saturated heterocycles. The molecule has 26 heavy (non-hydrogen) atoms. The van der Waals surface area contributed by atoms with E-state index in [4.69, 9.17) is 0 Å². The highest BCUT2D eigenvalue weighted by Gasteiger charge is 2.22. The molecular formula is C19H25N3O3S. The molecule has 6 nitrogen and oxygen atoms in total. The Labute approximate surface area is 155 Å². The van der Waals surface area contributed by atoms with Crippen molar-refractivity contribution < 1.29 is 13.2 Å². The van der Waals surface area contributed by atoms with Crippen LogP contribution < -0.4 is 10.0 Å². The third-order valence-corrected chi connectivity index (χ3v) is 6.21. The summed E-state index contributed by atoms with van der Waals surface area (Å²) >= 11 is 0. The zero-order valence-corrected chi connectivity index (χ0v) is 16.6. The first-order chi connectivity index (χ1) is 12.1. The molecule has 0 aliphatic carbocycles. The summed E-state index contributed by atoms with van der Waals surface area (Å²) in [6.45, 7) is 9.25. The van der Waals surface area contributed by atoms with Gasteiger partial charge in [-0.25, -0.2) is 18.1 Å². The lowest BCUT2D eigenvalue weighted by Gasteiger charge is -2.16. The summed E-state index contributed by atoms with van der Waals surface area (Å²) < 4.78 is 28.0. The molecule has 0 unspecified atom stereocenters. The Morgan fingerprint density at radius 2 is 1.65 bits per heavy atom. The van der Waals surface area contributed by atoms with Crippen LogP contribution in [0.25, 0.3) is 0 Å². The number of anilines is 1. The van der Waals surface area contributed by atoms with Gasteiger partial charge >= 0.3 is 0 Å². The molecule has 7 heteroatoms. The van der Waals surface area contributed by atoms with Crippen molar-refractivity contribution in [3.8, 4) is 0 Å². The molecule has 1 heterocycles. The van der Waals surface area contributed by atoms with Crippen LogP contribution >= 0.6 is 0 Å². The second-order valence-corrected chi connectivity index (χ2v) is 8.16. The lowest BCUT2D eigenvalue weighted by Crippen LogP contribution is -2.29. The number of amides is 1. The molecule has 2 rings (SSSR count). The standard InChI is InChI=1S/C19H25N3O3S/c1-12-7-6-9-20-19(12)22-17(23)8-10-21-26(24,25)18-15(4)13(2)11-14(3)16(18)5/h6-7,9,11,21H,8,10H2,1-5H3,(H,20,22,23). The molecule has 0 aliphatic heterocycles. The maximum atomic E-state index is 12.7. The van der Waals surface area contributed by atoms with E-state index < -0.39 is 10.0 Å². The first-order valence-corrected chi connectivity index (χ1v) is 9.90. The fourth-order valence-corrected chi connectivity index (χ4v) is 4.41. The van der Waals surface area contributed by atoms with Crippen LogP contribution in [0.3, 0.4) is 0 Å². The minimum absolute atomic E-state index is 0.0198. The van der Waals surface area contributed by atoms with Crippen LogP contribution in [0, 0.1) is 34.6 Å². The van der Waals surface area contributed by atoms with E-state index in [1.807, 2.05) is 32.9 Å². The topological polar surface area (TPSA) is 88.2 Å². The van der Waals surface area contributed by atoms with Gasteiger partial charge in [0.25, 0.3) is 0 Å². The number of aryl methyl sites for hydroxylation is 3. The predicted molar refractivity (Wildman–Crippen MR) is 103 cm³/mol. The van der Waals surface area contributed by atoms with E-state index in [2.05, 4.69) is 15.0 Å². The second kappa shape index (κ2) is 7.97. The lowest BCUT2D eigenvalue weighted by molar-refractivity contribution is -0.116. The van der Waals surface area contributed by atoms with Crippen molar-refractivity contribution in [1.29, 1.82) is 0 Å². The normalized spacial score (nSPS) is 11.4. The lowest BCUT2D eigenvalue weighted by atomic mass is 10.0. The average molecular weight is 375 g/mol. The van der Waals surface area contributed by atoms with Gasteiger partial charge in [0.2, 0.25) is 15.9 Å². The van der Waals surface area contributed by atoms with Crippen molar-refractivity contribution in [3.63, 3.8) is 0 Å². The van der Waals surface area contributed by atoms with Crippen LogP contribution in [0.1, 0.15) is 34.2 Å². The van der Waals surface area contributed by atoms with Gasteiger partial charge in [-0.15, -0.1) is 0 Å². The van der Waals surface area contributed by atoms with E-state index in [1.54, 1.807) is 26.1 Å². The zero-order chi connectivity index (χ0) is 19.5. The summed E-state index contributed by atoms with van der Waals surface area (Å²) in [7, 11) is -3.69. The van der Waals surface area contributed by atoms with Crippen LogP contribution in [-0.2, 0) is 14.8 Å². The number of aromatic nitrogens is 1. The van der Waals surface area contributed by atoms with Gasteiger partial charge in [0.05, 0.1) is 4.90 Å². The molecule has 0 fully saturated rings. The minimum Gasteiger partial charge on any atom is -0.310 e. The Bertz CT molecular complexity index is 911. The summed E-state index contributed by atoms with van der Waals surface area (Å²) in [6.07, 6.45) is 1.62. The van der Waals surface area contributed by atoms with E-state index in [0.717, 1.165) is 27.8 Å². The quantitative estimate of drug-likeness (QED) is 0.812. The summed E-state index contributed by atoms with van der Waals surface area (Å²) in [5.41, 5.74) is 4.17. The number of hydrogen-bond donors (Lipinski definition) is 2. The molecule has 1 aromatic heterocycles. The van der Waals surface area contributed by atoms with E-state index in [-0.39, 0.29) is 18.9 Å². The van der Waals surface area contributed by atoms with Gasteiger partial charge in [0.1, 0.15) is 5.82 Å². The maximum absolute atomic E-state index is 12.7. The number of carbonyl (C=O) groups is 1. The average Bonchev–Trinajstić information content (AvgIpc) is 2.55. The zero-order valence-electron chi connectivity index (χ0n) is 15.8. The summed E-state index contributed by atoms with van der Waals surface area (Å²) in [5, 5.41) is 2.69. The smallest absolute Gasteiger partial charge is 0.241 e. The molecule has 0 aliphatic rings.